The lowest BCUT2D eigenvalue weighted by atomic mass is 9.98. The second-order valence-corrected chi connectivity index (χ2v) is 8.31. The molecule has 1 amide bonds. The largest absolute Gasteiger partial charge is 0.390 e. The number of anilines is 1. The van der Waals surface area contributed by atoms with Gasteiger partial charge in [-0.1, -0.05) is 18.2 Å². The molecule has 3 fully saturated rings. The number of nitrogens with zero attached hydrogens (tertiary/aromatic N) is 3. The number of carbonyl (C=O) groups is 1. The number of hydrogen-bond donors (Lipinski definition) is 1. The zero-order valence-corrected chi connectivity index (χ0v) is 16.7. The van der Waals surface area contributed by atoms with Gasteiger partial charge in [0.2, 0.25) is 0 Å². The number of para-hydroxylation sites is 1. The second kappa shape index (κ2) is 9.25. The van der Waals surface area contributed by atoms with E-state index >= 15 is 0 Å². The molecule has 4 rings (SSSR count). The molecule has 3 heterocycles. The Morgan fingerprint density at radius 1 is 1.00 bits per heavy atom. The molecule has 0 radical (unpaired) electrons. The van der Waals surface area contributed by atoms with Gasteiger partial charge in [-0.2, -0.15) is 0 Å². The Morgan fingerprint density at radius 2 is 1.71 bits per heavy atom. The van der Waals surface area contributed by atoms with Gasteiger partial charge in [0.1, 0.15) is 0 Å². The molecule has 154 valence electrons. The third-order valence-electron chi connectivity index (χ3n) is 6.40. The average molecular weight is 388 g/mol. The van der Waals surface area contributed by atoms with Crippen LogP contribution < -0.4 is 4.90 Å². The molecule has 0 aliphatic carbocycles. The van der Waals surface area contributed by atoms with Crippen molar-refractivity contribution < 1.29 is 14.6 Å². The summed E-state index contributed by atoms with van der Waals surface area (Å²) < 4.78 is 6.08. The summed E-state index contributed by atoms with van der Waals surface area (Å²) in [7, 11) is 0. The Hall–Kier alpha value is -1.63. The molecule has 0 saturated carbocycles. The van der Waals surface area contributed by atoms with Gasteiger partial charge in [-0.15, -0.1) is 0 Å². The first-order valence-corrected chi connectivity index (χ1v) is 10.9. The first-order valence-electron chi connectivity index (χ1n) is 10.9. The van der Waals surface area contributed by atoms with E-state index < -0.39 is 12.2 Å². The van der Waals surface area contributed by atoms with Crippen molar-refractivity contribution in [2.24, 2.45) is 0 Å². The van der Waals surface area contributed by atoms with Gasteiger partial charge >= 0.3 is 0 Å². The highest BCUT2D eigenvalue weighted by Gasteiger charge is 2.38. The lowest BCUT2D eigenvalue weighted by molar-refractivity contribution is -0.167. The smallest absolute Gasteiger partial charge is 0.254 e. The monoisotopic (exact) mass is 387 g/mol. The summed E-state index contributed by atoms with van der Waals surface area (Å²) >= 11 is 0. The van der Waals surface area contributed by atoms with E-state index in [1.807, 2.05) is 4.90 Å². The summed E-state index contributed by atoms with van der Waals surface area (Å²) in [6.07, 6.45) is 3.32. The molecule has 0 unspecified atom stereocenters. The van der Waals surface area contributed by atoms with Gasteiger partial charge in [-0.3, -0.25) is 9.69 Å². The van der Waals surface area contributed by atoms with Gasteiger partial charge in [-0.25, -0.2) is 0 Å². The van der Waals surface area contributed by atoms with E-state index in [-0.39, 0.29) is 12.0 Å². The molecule has 1 aromatic rings. The Bertz CT molecular complexity index is 627. The SMILES string of the molecule is O=C([C@H]1O[C@H](CCN2CCN(c3ccccc3)CC2)CC[C@@H]1O)N1CCCC1. The molecule has 3 atom stereocenters. The molecule has 0 bridgehead atoms. The Balaban J connectivity index is 1.22. The van der Waals surface area contributed by atoms with Crippen LogP contribution >= 0.6 is 0 Å². The fraction of sp³-hybridized carbons (Fsp3) is 0.682. The summed E-state index contributed by atoms with van der Waals surface area (Å²) in [5.74, 6) is -0.00817. The Morgan fingerprint density at radius 3 is 2.43 bits per heavy atom. The fourth-order valence-electron chi connectivity index (χ4n) is 4.62. The van der Waals surface area contributed by atoms with Crippen LogP contribution in [0, 0.1) is 0 Å². The third-order valence-corrected chi connectivity index (χ3v) is 6.40. The number of aliphatic hydroxyl groups excluding tert-OH is 1. The molecule has 1 aromatic carbocycles. The molecule has 0 aromatic heterocycles. The van der Waals surface area contributed by atoms with Gasteiger partial charge in [0, 0.05) is 51.5 Å². The van der Waals surface area contributed by atoms with E-state index in [0.29, 0.717) is 6.42 Å². The van der Waals surface area contributed by atoms with Gasteiger partial charge in [0.05, 0.1) is 12.2 Å². The van der Waals surface area contributed by atoms with Crippen molar-refractivity contribution in [1.82, 2.24) is 9.80 Å². The van der Waals surface area contributed by atoms with E-state index in [2.05, 4.69) is 40.1 Å². The van der Waals surface area contributed by atoms with Crippen molar-refractivity contribution >= 4 is 11.6 Å². The number of aliphatic hydroxyl groups is 1. The number of likely N-dealkylation sites (tertiary alicyclic amines) is 1. The predicted molar refractivity (Wildman–Crippen MR) is 109 cm³/mol. The minimum atomic E-state index is -0.660. The van der Waals surface area contributed by atoms with Gasteiger partial charge in [-0.05, 0) is 44.2 Å². The normalized spacial score (nSPS) is 29.2. The summed E-state index contributed by atoms with van der Waals surface area (Å²) in [5, 5.41) is 10.3. The molecule has 28 heavy (non-hydrogen) atoms. The van der Waals surface area contributed by atoms with Gasteiger partial charge < -0.3 is 19.6 Å². The first-order chi connectivity index (χ1) is 13.7. The minimum absolute atomic E-state index is 0.00817. The lowest BCUT2D eigenvalue weighted by Gasteiger charge is -2.38. The first kappa shape index (κ1) is 19.7. The summed E-state index contributed by atoms with van der Waals surface area (Å²) in [6.45, 7) is 6.81. The summed E-state index contributed by atoms with van der Waals surface area (Å²) in [5.41, 5.74) is 1.30. The topological polar surface area (TPSA) is 56.3 Å². The average Bonchev–Trinajstić information content (AvgIpc) is 3.29. The second-order valence-electron chi connectivity index (χ2n) is 8.31. The van der Waals surface area contributed by atoms with Crippen molar-refractivity contribution in [3.63, 3.8) is 0 Å². The van der Waals surface area contributed by atoms with Crippen LogP contribution in [-0.2, 0) is 9.53 Å². The third kappa shape index (κ3) is 4.67. The van der Waals surface area contributed by atoms with E-state index in [0.717, 1.165) is 71.5 Å². The maximum Gasteiger partial charge on any atom is 0.254 e. The maximum atomic E-state index is 12.7. The van der Waals surface area contributed by atoms with E-state index in [1.165, 1.54) is 5.69 Å². The molecule has 6 heteroatoms. The standard InChI is InChI=1S/C22H33N3O3/c26-20-9-8-19(28-21(20)22(27)25-11-4-5-12-25)10-13-23-14-16-24(17-15-23)18-6-2-1-3-7-18/h1-3,6-7,19-21,26H,4-5,8-17H2/t19-,20-,21-/m0/s1. The minimum Gasteiger partial charge on any atom is -0.390 e. The number of amides is 1. The molecule has 0 spiro atoms. The van der Waals surface area contributed by atoms with Crippen LogP contribution in [0.1, 0.15) is 32.1 Å². The van der Waals surface area contributed by atoms with E-state index in [9.17, 15) is 9.90 Å². The number of rotatable bonds is 5. The van der Waals surface area contributed by atoms with Crippen LogP contribution in [0.15, 0.2) is 30.3 Å². The molecular formula is C22H33N3O3. The van der Waals surface area contributed by atoms with E-state index in [4.69, 9.17) is 4.74 Å². The maximum absolute atomic E-state index is 12.7. The molecular weight excluding hydrogens is 354 g/mol. The fourth-order valence-corrected chi connectivity index (χ4v) is 4.62. The summed E-state index contributed by atoms with van der Waals surface area (Å²) in [6, 6.07) is 10.6. The Labute approximate surface area is 168 Å². The highest BCUT2D eigenvalue weighted by molar-refractivity contribution is 5.82. The number of carbonyl (C=O) groups excluding carboxylic acids is 1. The van der Waals surface area contributed by atoms with Crippen molar-refractivity contribution in [2.75, 3.05) is 50.7 Å². The molecule has 6 nitrogen and oxygen atoms in total. The van der Waals surface area contributed by atoms with Crippen LogP contribution in [0.25, 0.3) is 0 Å². The van der Waals surface area contributed by atoms with Gasteiger partial charge in [0.15, 0.2) is 6.10 Å². The highest BCUT2D eigenvalue weighted by Crippen LogP contribution is 2.25. The number of ether oxygens (including phenoxy) is 1. The summed E-state index contributed by atoms with van der Waals surface area (Å²) in [4.78, 5) is 19.4. The number of hydrogen-bond acceptors (Lipinski definition) is 5. The predicted octanol–water partition coefficient (Wildman–Crippen LogP) is 1.73. The zero-order chi connectivity index (χ0) is 19.3. The van der Waals surface area contributed by atoms with Crippen LogP contribution in [0.4, 0.5) is 5.69 Å². The van der Waals surface area contributed by atoms with Crippen LogP contribution in [-0.4, -0.2) is 84.9 Å². The number of benzene rings is 1. The quantitative estimate of drug-likeness (QED) is 0.834. The molecule has 3 aliphatic rings. The van der Waals surface area contributed by atoms with Crippen molar-refractivity contribution in [3.8, 4) is 0 Å². The Kier molecular flexibility index (Phi) is 6.50. The van der Waals surface area contributed by atoms with Crippen molar-refractivity contribution in [1.29, 1.82) is 0 Å². The van der Waals surface area contributed by atoms with Crippen LogP contribution in [0.5, 0.6) is 0 Å². The number of piperazine rings is 1. The van der Waals surface area contributed by atoms with Crippen molar-refractivity contribution in [3.05, 3.63) is 30.3 Å². The van der Waals surface area contributed by atoms with Crippen LogP contribution in [0.3, 0.4) is 0 Å². The highest BCUT2D eigenvalue weighted by atomic mass is 16.5. The zero-order valence-electron chi connectivity index (χ0n) is 16.7. The molecule has 3 aliphatic heterocycles. The van der Waals surface area contributed by atoms with Gasteiger partial charge in [0.25, 0.3) is 5.91 Å². The van der Waals surface area contributed by atoms with Crippen LogP contribution in [0.2, 0.25) is 0 Å². The molecule has 1 N–H and O–H groups in total. The van der Waals surface area contributed by atoms with Crippen molar-refractivity contribution in [2.45, 2.75) is 50.4 Å². The van der Waals surface area contributed by atoms with E-state index in [1.54, 1.807) is 0 Å². The lowest BCUT2D eigenvalue weighted by Crippen LogP contribution is -2.51. The molecule has 3 saturated heterocycles.